The molecule has 188 valence electrons. The molecule has 1 atom stereocenters. The Morgan fingerprint density at radius 1 is 0.892 bits per heavy atom. The predicted octanol–water partition coefficient (Wildman–Crippen LogP) is 5.55. The Morgan fingerprint density at radius 3 is 2.22 bits per heavy atom. The van der Waals surface area contributed by atoms with Crippen LogP contribution in [0.1, 0.15) is 22.0 Å². The molecule has 5 rings (SSSR count). The van der Waals surface area contributed by atoms with Crippen molar-refractivity contribution in [3.8, 4) is 17.2 Å². The van der Waals surface area contributed by atoms with Crippen molar-refractivity contribution >= 4 is 39.6 Å². The summed E-state index contributed by atoms with van der Waals surface area (Å²) in [5.41, 5.74) is 1.00. The topological polar surface area (TPSA) is 85.3 Å². The lowest BCUT2D eigenvalue weighted by molar-refractivity contribution is -0.140. The van der Waals surface area contributed by atoms with Crippen molar-refractivity contribution in [2.24, 2.45) is 0 Å². The monoisotopic (exact) mass is 515 g/mol. The Bertz CT molecular complexity index is 1500. The number of carbonyl (C=O) groups excluding carboxylic acids is 2. The first kappa shape index (κ1) is 24.4. The highest BCUT2D eigenvalue weighted by molar-refractivity contribution is 7.09. The minimum Gasteiger partial charge on any atom is -0.507 e. The maximum atomic E-state index is 13.4. The van der Waals surface area contributed by atoms with Crippen LogP contribution in [0.15, 0.2) is 77.7 Å². The highest BCUT2D eigenvalue weighted by Crippen LogP contribution is 2.46. The molecule has 4 aromatic rings. The molecule has 1 saturated heterocycles. The molecule has 7 nitrogen and oxygen atoms in total. The summed E-state index contributed by atoms with van der Waals surface area (Å²) in [6, 6.07) is 19.5. The van der Waals surface area contributed by atoms with Gasteiger partial charge in [0, 0.05) is 10.4 Å². The molecule has 0 spiro atoms. The second-order valence-corrected chi connectivity index (χ2v) is 9.56. The Kier molecular flexibility index (Phi) is 6.58. The van der Waals surface area contributed by atoms with Gasteiger partial charge in [0.25, 0.3) is 11.7 Å². The van der Waals surface area contributed by atoms with Gasteiger partial charge in [0.05, 0.1) is 39.5 Å². The van der Waals surface area contributed by atoms with Crippen LogP contribution < -0.4 is 14.2 Å². The highest BCUT2D eigenvalue weighted by atomic mass is 32.1. The fraction of sp³-hybridized carbons (Fsp3) is 0.172. The molecule has 1 aliphatic heterocycles. The number of ether oxygens (including phenoxy) is 3. The van der Waals surface area contributed by atoms with E-state index in [2.05, 4.69) is 0 Å². The molecular formula is C29H25NO6S. The number of amides is 1. The lowest BCUT2D eigenvalue weighted by Crippen LogP contribution is -2.29. The average molecular weight is 516 g/mol. The van der Waals surface area contributed by atoms with Gasteiger partial charge in [0.2, 0.25) is 5.75 Å². The third-order valence-electron chi connectivity index (χ3n) is 6.47. The Hall–Kier alpha value is -4.30. The van der Waals surface area contributed by atoms with E-state index < -0.39 is 17.7 Å². The van der Waals surface area contributed by atoms with Crippen LogP contribution in [-0.2, 0) is 16.1 Å². The number of aliphatic hydroxyl groups excluding tert-OH is 1. The first-order valence-electron chi connectivity index (χ1n) is 11.6. The number of nitrogens with zero attached hydrogens (tertiary/aromatic N) is 1. The summed E-state index contributed by atoms with van der Waals surface area (Å²) in [4.78, 5) is 29.2. The molecule has 0 saturated carbocycles. The first-order chi connectivity index (χ1) is 18.0. The SMILES string of the molecule is COc1cc(C2/C(=C(\O)c3ccc4ccccc4c3)C(=O)C(=O)N2Cc2cccs2)cc(OC)c1OC. The predicted molar refractivity (Wildman–Crippen MR) is 142 cm³/mol. The molecule has 1 N–H and O–H groups in total. The van der Waals surface area contributed by atoms with Crippen LogP contribution in [0.4, 0.5) is 0 Å². The molecule has 1 aromatic heterocycles. The van der Waals surface area contributed by atoms with E-state index >= 15 is 0 Å². The summed E-state index contributed by atoms with van der Waals surface area (Å²) in [6.07, 6.45) is 0. The van der Waals surface area contributed by atoms with E-state index in [0.29, 0.717) is 28.4 Å². The number of rotatable bonds is 7. The molecule has 0 aliphatic carbocycles. The van der Waals surface area contributed by atoms with E-state index in [4.69, 9.17) is 14.2 Å². The summed E-state index contributed by atoms with van der Waals surface area (Å²) in [5, 5.41) is 15.3. The molecule has 37 heavy (non-hydrogen) atoms. The third kappa shape index (κ3) is 4.29. The highest BCUT2D eigenvalue weighted by Gasteiger charge is 2.46. The van der Waals surface area contributed by atoms with Gasteiger partial charge in [0.1, 0.15) is 5.76 Å². The normalized spacial score (nSPS) is 16.8. The van der Waals surface area contributed by atoms with Crippen molar-refractivity contribution in [3.05, 3.63) is 93.7 Å². The van der Waals surface area contributed by atoms with Crippen molar-refractivity contribution in [1.82, 2.24) is 4.90 Å². The number of carbonyl (C=O) groups is 2. The Morgan fingerprint density at radius 2 is 1.59 bits per heavy atom. The Balaban J connectivity index is 1.72. The molecule has 0 radical (unpaired) electrons. The molecule has 8 heteroatoms. The number of methoxy groups -OCH3 is 3. The molecule has 0 bridgehead atoms. The standard InChI is InChI=1S/C29H25NO6S/c1-34-22-14-20(15-23(35-2)28(22)36-3)25-24(27(32)29(33)30(25)16-21-9-6-12-37-21)26(31)19-11-10-17-7-4-5-8-18(17)13-19/h4-15,25,31H,16H2,1-3H3/b26-24+. The molecule has 1 amide bonds. The summed E-state index contributed by atoms with van der Waals surface area (Å²) < 4.78 is 16.5. The van der Waals surface area contributed by atoms with Crippen LogP contribution in [0.5, 0.6) is 17.2 Å². The van der Waals surface area contributed by atoms with Gasteiger partial charge in [-0.1, -0.05) is 42.5 Å². The van der Waals surface area contributed by atoms with Gasteiger partial charge in [0.15, 0.2) is 11.5 Å². The first-order valence-corrected chi connectivity index (χ1v) is 12.4. The van der Waals surface area contributed by atoms with Gasteiger partial charge in [-0.25, -0.2) is 0 Å². The summed E-state index contributed by atoms with van der Waals surface area (Å²) in [7, 11) is 4.50. The summed E-state index contributed by atoms with van der Waals surface area (Å²) in [6.45, 7) is 0.206. The van der Waals surface area contributed by atoms with Crippen LogP contribution in [0, 0.1) is 0 Å². The van der Waals surface area contributed by atoms with Crippen molar-refractivity contribution < 1.29 is 28.9 Å². The zero-order valence-electron chi connectivity index (χ0n) is 20.6. The minimum atomic E-state index is -0.873. The molecule has 1 unspecified atom stereocenters. The number of benzene rings is 3. The number of ketones is 1. The Labute approximate surface area is 218 Å². The number of thiophene rings is 1. The van der Waals surface area contributed by atoms with Crippen molar-refractivity contribution in [2.45, 2.75) is 12.6 Å². The second-order valence-electron chi connectivity index (χ2n) is 8.53. The number of aliphatic hydroxyl groups is 1. The maximum Gasteiger partial charge on any atom is 0.295 e. The number of Topliss-reactive ketones (excluding diaryl/α,β-unsaturated/α-hetero) is 1. The number of hydrogen-bond donors (Lipinski definition) is 1. The minimum absolute atomic E-state index is 0.00566. The van der Waals surface area contributed by atoms with E-state index in [-0.39, 0.29) is 17.9 Å². The lowest BCUT2D eigenvalue weighted by Gasteiger charge is -2.26. The van der Waals surface area contributed by atoms with Crippen LogP contribution in [0.2, 0.25) is 0 Å². The quantitative estimate of drug-likeness (QED) is 0.197. The van der Waals surface area contributed by atoms with Crippen molar-refractivity contribution in [3.63, 3.8) is 0 Å². The zero-order valence-corrected chi connectivity index (χ0v) is 21.4. The molecule has 2 heterocycles. The number of hydrogen-bond acceptors (Lipinski definition) is 7. The fourth-order valence-electron chi connectivity index (χ4n) is 4.71. The zero-order chi connectivity index (χ0) is 26.1. The van der Waals surface area contributed by atoms with Crippen molar-refractivity contribution in [2.75, 3.05) is 21.3 Å². The van der Waals surface area contributed by atoms with Crippen LogP contribution in [0.25, 0.3) is 16.5 Å². The van der Waals surface area contributed by atoms with E-state index in [0.717, 1.165) is 15.6 Å². The second kappa shape index (κ2) is 9.99. The molecular weight excluding hydrogens is 490 g/mol. The van der Waals surface area contributed by atoms with Gasteiger partial charge in [-0.05, 0) is 46.0 Å². The largest absolute Gasteiger partial charge is 0.507 e. The molecule has 1 aliphatic rings. The third-order valence-corrected chi connectivity index (χ3v) is 7.33. The summed E-state index contributed by atoms with van der Waals surface area (Å²) in [5.74, 6) is -0.529. The molecule has 1 fully saturated rings. The smallest absolute Gasteiger partial charge is 0.295 e. The van der Waals surface area contributed by atoms with E-state index in [9.17, 15) is 14.7 Å². The van der Waals surface area contributed by atoms with Gasteiger partial charge in [-0.2, -0.15) is 0 Å². The van der Waals surface area contributed by atoms with Gasteiger partial charge in [-0.15, -0.1) is 11.3 Å². The van der Waals surface area contributed by atoms with Gasteiger partial charge >= 0.3 is 0 Å². The van der Waals surface area contributed by atoms with Crippen LogP contribution >= 0.6 is 11.3 Å². The van der Waals surface area contributed by atoms with Crippen molar-refractivity contribution in [1.29, 1.82) is 0 Å². The molecule has 3 aromatic carbocycles. The fourth-order valence-corrected chi connectivity index (χ4v) is 5.41. The van der Waals surface area contributed by atoms with Crippen LogP contribution in [0.3, 0.4) is 0 Å². The van der Waals surface area contributed by atoms with Gasteiger partial charge in [-0.3, -0.25) is 9.59 Å². The average Bonchev–Trinajstić information content (AvgIpc) is 3.53. The van der Waals surface area contributed by atoms with E-state index in [1.54, 1.807) is 18.2 Å². The summed E-state index contributed by atoms with van der Waals surface area (Å²) >= 11 is 1.49. The number of likely N-dealkylation sites (tertiary alicyclic amines) is 1. The lowest BCUT2D eigenvalue weighted by atomic mass is 9.94. The van der Waals surface area contributed by atoms with E-state index in [1.165, 1.54) is 37.6 Å². The number of fused-ring (bicyclic) bond motifs is 1. The van der Waals surface area contributed by atoms with Gasteiger partial charge < -0.3 is 24.2 Å². The van der Waals surface area contributed by atoms with Crippen LogP contribution in [-0.4, -0.2) is 43.0 Å². The van der Waals surface area contributed by atoms with E-state index in [1.807, 2.05) is 53.9 Å². The maximum absolute atomic E-state index is 13.4.